The van der Waals surface area contributed by atoms with E-state index in [9.17, 15) is 9.59 Å². The third-order valence-corrected chi connectivity index (χ3v) is 3.18. The third kappa shape index (κ3) is 6.17. The van der Waals surface area contributed by atoms with E-state index in [-0.39, 0.29) is 24.5 Å². The number of hydrogen-bond donors (Lipinski definition) is 1. The van der Waals surface area contributed by atoms with Crippen molar-refractivity contribution in [2.24, 2.45) is 0 Å². The number of methoxy groups -OCH3 is 1. The van der Waals surface area contributed by atoms with Gasteiger partial charge in [0, 0.05) is 38.7 Å². The van der Waals surface area contributed by atoms with E-state index < -0.39 is 0 Å². The summed E-state index contributed by atoms with van der Waals surface area (Å²) in [7, 11) is 1.65. The fourth-order valence-electron chi connectivity index (χ4n) is 1.74. The van der Waals surface area contributed by atoms with Crippen molar-refractivity contribution in [3.63, 3.8) is 0 Å². The summed E-state index contributed by atoms with van der Waals surface area (Å²) in [6.45, 7) is 1.31. The van der Waals surface area contributed by atoms with E-state index in [1.165, 1.54) is 0 Å². The van der Waals surface area contributed by atoms with Gasteiger partial charge in [0.15, 0.2) is 5.78 Å². The van der Waals surface area contributed by atoms with Crippen molar-refractivity contribution in [3.8, 4) is 0 Å². The summed E-state index contributed by atoms with van der Waals surface area (Å²) in [5.74, 6) is -0.215. The summed E-state index contributed by atoms with van der Waals surface area (Å²) in [4.78, 5) is 23.5. The Kier molecular flexibility index (Phi) is 7.92. The van der Waals surface area contributed by atoms with Crippen LogP contribution in [0, 0.1) is 0 Å². The van der Waals surface area contributed by atoms with Crippen LogP contribution in [0.4, 0.5) is 0 Å². The molecule has 0 saturated carbocycles. The summed E-state index contributed by atoms with van der Waals surface area (Å²) >= 11 is 5.93. The van der Waals surface area contributed by atoms with E-state index in [1.54, 1.807) is 31.4 Å². The number of carbonyl (C=O) groups excluding carboxylic acids is 2. The lowest BCUT2D eigenvalue weighted by atomic mass is 10.1. The van der Waals surface area contributed by atoms with Crippen LogP contribution in [-0.4, -0.2) is 32.0 Å². The van der Waals surface area contributed by atoms with Crippen LogP contribution >= 0.6 is 11.6 Å². The quantitative estimate of drug-likeness (QED) is 0.563. The van der Waals surface area contributed by atoms with E-state index in [4.69, 9.17) is 16.3 Å². The second-order valence-electron chi connectivity index (χ2n) is 4.45. The molecule has 1 amide bonds. The number of benzene rings is 1. The minimum Gasteiger partial charge on any atom is -0.385 e. The van der Waals surface area contributed by atoms with Gasteiger partial charge in [0.2, 0.25) is 5.91 Å². The molecule has 0 aromatic heterocycles. The average Bonchev–Trinajstić information content (AvgIpc) is 2.45. The van der Waals surface area contributed by atoms with Crippen molar-refractivity contribution in [2.45, 2.75) is 25.7 Å². The number of rotatable bonds is 9. The number of amides is 1. The summed E-state index contributed by atoms with van der Waals surface area (Å²) in [5.41, 5.74) is 0.474. The first-order valence-corrected chi connectivity index (χ1v) is 7.06. The van der Waals surface area contributed by atoms with E-state index in [0.29, 0.717) is 23.7 Å². The molecular weight excluding hydrogens is 278 g/mol. The van der Waals surface area contributed by atoms with Crippen LogP contribution in [0.25, 0.3) is 0 Å². The standard InChI is InChI=1S/C15H20ClNO3/c1-20-11-5-4-10-17-15(19)9-8-14(18)12-6-2-3-7-13(12)16/h2-3,6-7H,4-5,8-11H2,1H3,(H,17,19). The van der Waals surface area contributed by atoms with Crippen molar-refractivity contribution in [1.29, 1.82) is 0 Å². The highest BCUT2D eigenvalue weighted by Crippen LogP contribution is 2.17. The van der Waals surface area contributed by atoms with Gasteiger partial charge in [-0.2, -0.15) is 0 Å². The minimum atomic E-state index is -0.108. The maximum absolute atomic E-state index is 11.9. The number of unbranched alkanes of at least 4 members (excludes halogenated alkanes) is 1. The van der Waals surface area contributed by atoms with Crippen LogP contribution in [0.5, 0.6) is 0 Å². The zero-order valence-corrected chi connectivity index (χ0v) is 12.4. The molecule has 1 rings (SSSR count). The number of ether oxygens (including phenoxy) is 1. The van der Waals surface area contributed by atoms with Gasteiger partial charge < -0.3 is 10.1 Å². The largest absolute Gasteiger partial charge is 0.385 e. The number of nitrogens with one attached hydrogen (secondary N) is 1. The number of ketones is 1. The highest BCUT2D eigenvalue weighted by atomic mass is 35.5. The van der Waals surface area contributed by atoms with Gasteiger partial charge in [-0.15, -0.1) is 0 Å². The molecule has 0 aliphatic rings. The smallest absolute Gasteiger partial charge is 0.220 e. The average molecular weight is 298 g/mol. The first kappa shape index (κ1) is 16.7. The maximum atomic E-state index is 11.9. The lowest BCUT2D eigenvalue weighted by molar-refractivity contribution is -0.121. The molecular formula is C15H20ClNO3. The molecule has 1 N–H and O–H groups in total. The van der Waals surface area contributed by atoms with Crippen LogP contribution in [0.1, 0.15) is 36.0 Å². The summed E-state index contributed by atoms with van der Waals surface area (Å²) in [5, 5.41) is 3.21. The molecule has 0 bridgehead atoms. The maximum Gasteiger partial charge on any atom is 0.220 e. The van der Waals surface area contributed by atoms with Crippen molar-refractivity contribution in [3.05, 3.63) is 34.9 Å². The Balaban J connectivity index is 2.24. The molecule has 0 heterocycles. The molecule has 20 heavy (non-hydrogen) atoms. The second-order valence-corrected chi connectivity index (χ2v) is 4.86. The highest BCUT2D eigenvalue weighted by Gasteiger charge is 2.11. The molecule has 0 saturated heterocycles. The van der Waals surface area contributed by atoms with Gasteiger partial charge >= 0.3 is 0 Å². The number of carbonyl (C=O) groups is 2. The fourth-order valence-corrected chi connectivity index (χ4v) is 1.98. The first-order chi connectivity index (χ1) is 9.65. The number of Topliss-reactive ketones (excluding diaryl/α,β-unsaturated/α-hetero) is 1. The van der Waals surface area contributed by atoms with Gasteiger partial charge in [-0.1, -0.05) is 23.7 Å². The fraction of sp³-hybridized carbons (Fsp3) is 0.467. The molecule has 0 aliphatic heterocycles. The van der Waals surface area contributed by atoms with E-state index in [0.717, 1.165) is 12.8 Å². The Bertz CT molecular complexity index is 448. The Labute approximate surface area is 124 Å². The van der Waals surface area contributed by atoms with Gasteiger partial charge in [0.05, 0.1) is 5.02 Å². The normalized spacial score (nSPS) is 10.3. The molecule has 1 aromatic carbocycles. The van der Waals surface area contributed by atoms with Crippen LogP contribution < -0.4 is 5.32 Å². The Hall–Kier alpha value is -1.39. The highest BCUT2D eigenvalue weighted by molar-refractivity contribution is 6.34. The monoisotopic (exact) mass is 297 g/mol. The molecule has 0 atom stereocenters. The second kappa shape index (κ2) is 9.50. The molecule has 1 aromatic rings. The summed E-state index contributed by atoms with van der Waals surface area (Å²) < 4.78 is 4.92. The van der Waals surface area contributed by atoms with Gasteiger partial charge in [-0.05, 0) is 25.0 Å². The van der Waals surface area contributed by atoms with Gasteiger partial charge in [0.1, 0.15) is 0 Å². The van der Waals surface area contributed by atoms with Gasteiger partial charge in [-0.25, -0.2) is 0 Å². The molecule has 110 valence electrons. The zero-order chi connectivity index (χ0) is 14.8. The molecule has 0 aliphatic carbocycles. The predicted octanol–water partition coefficient (Wildman–Crippen LogP) is 2.85. The van der Waals surface area contributed by atoms with Crippen molar-refractivity contribution >= 4 is 23.3 Å². The third-order valence-electron chi connectivity index (χ3n) is 2.85. The van der Waals surface area contributed by atoms with Crippen LogP contribution in [-0.2, 0) is 9.53 Å². The minimum absolute atomic E-state index is 0.106. The lowest BCUT2D eigenvalue weighted by Crippen LogP contribution is -2.25. The van der Waals surface area contributed by atoms with Crippen LogP contribution in [0.2, 0.25) is 5.02 Å². The predicted molar refractivity (Wildman–Crippen MR) is 79.1 cm³/mol. The van der Waals surface area contributed by atoms with E-state index in [2.05, 4.69) is 5.32 Å². The Morgan fingerprint density at radius 3 is 2.65 bits per heavy atom. The van der Waals surface area contributed by atoms with Crippen LogP contribution in [0.15, 0.2) is 24.3 Å². The Morgan fingerprint density at radius 1 is 1.20 bits per heavy atom. The SMILES string of the molecule is COCCCCNC(=O)CCC(=O)c1ccccc1Cl. The number of hydrogen-bond acceptors (Lipinski definition) is 3. The molecule has 0 fully saturated rings. The molecule has 0 radical (unpaired) electrons. The van der Waals surface area contributed by atoms with Crippen molar-refractivity contribution < 1.29 is 14.3 Å². The molecule has 0 unspecified atom stereocenters. The summed E-state index contributed by atoms with van der Waals surface area (Å²) in [6.07, 6.45) is 2.15. The lowest BCUT2D eigenvalue weighted by Gasteiger charge is -2.05. The van der Waals surface area contributed by atoms with Gasteiger partial charge in [0.25, 0.3) is 0 Å². The van der Waals surface area contributed by atoms with E-state index in [1.807, 2.05) is 0 Å². The summed E-state index contributed by atoms with van der Waals surface area (Å²) in [6, 6.07) is 6.87. The zero-order valence-electron chi connectivity index (χ0n) is 11.7. The Morgan fingerprint density at radius 2 is 1.95 bits per heavy atom. The topological polar surface area (TPSA) is 55.4 Å². The number of halogens is 1. The van der Waals surface area contributed by atoms with E-state index >= 15 is 0 Å². The van der Waals surface area contributed by atoms with Crippen LogP contribution in [0.3, 0.4) is 0 Å². The molecule has 5 heteroatoms. The first-order valence-electron chi connectivity index (χ1n) is 6.68. The van der Waals surface area contributed by atoms with Gasteiger partial charge in [-0.3, -0.25) is 9.59 Å². The molecule has 0 spiro atoms. The van der Waals surface area contributed by atoms with Crippen molar-refractivity contribution in [2.75, 3.05) is 20.3 Å². The van der Waals surface area contributed by atoms with Crippen molar-refractivity contribution in [1.82, 2.24) is 5.32 Å². The molecule has 4 nitrogen and oxygen atoms in total.